The van der Waals surface area contributed by atoms with E-state index in [4.69, 9.17) is 10.2 Å². The number of carboxylic acids is 2. The van der Waals surface area contributed by atoms with Crippen LogP contribution >= 0.6 is 25.3 Å². The Morgan fingerprint density at radius 3 is 1.35 bits per heavy atom. The van der Waals surface area contributed by atoms with Gasteiger partial charge in [0.15, 0.2) is 0 Å². The van der Waals surface area contributed by atoms with Crippen LogP contribution in [-0.4, -0.2) is 33.7 Å². The van der Waals surface area contributed by atoms with Crippen LogP contribution in [0.1, 0.15) is 0 Å². The van der Waals surface area contributed by atoms with Crippen molar-refractivity contribution < 1.29 is 36.9 Å². The third-order valence-corrected chi connectivity index (χ3v) is 5.05. The third kappa shape index (κ3) is 49.6. The number of thiol groups is 2. The maximum atomic E-state index is 9.29. The molecule has 0 amide bonds. The number of aliphatic carboxylic acids is 2. The SMILES string of the molecule is C=C[CH2][Zn][CH2]C=C.O=C(O)CS.O=C(O)CS. The minimum absolute atomic E-state index is 0.0833. The van der Waals surface area contributed by atoms with E-state index in [0.717, 1.165) is 0 Å². The fourth-order valence-corrected chi connectivity index (χ4v) is 2.11. The van der Waals surface area contributed by atoms with Gasteiger partial charge in [-0.2, -0.15) is 25.3 Å². The Bertz CT molecular complexity index is 200. The molecule has 7 heteroatoms. The molecule has 0 heterocycles. The van der Waals surface area contributed by atoms with Gasteiger partial charge in [0.05, 0.1) is 11.5 Å². The Morgan fingerprint density at radius 2 is 1.24 bits per heavy atom. The van der Waals surface area contributed by atoms with E-state index in [2.05, 4.69) is 38.4 Å². The van der Waals surface area contributed by atoms with Gasteiger partial charge in [-0.25, -0.2) is 0 Å². The number of hydrogen-bond donors (Lipinski definition) is 4. The van der Waals surface area contributed by atoms with Gasteiger partial charge in [0.1, 0.15) is 0 Å². The van der Waals surface area contributed by atoms with E-state index < -0.39 is 11.9 Å². The zero-order chi connectivity index (χ0) is 14.1. The van der Waals surface area contributed by atoms with E-state index >= 15 is 0 Å². The van der Waals surface area contributed by atoms with Crippen LogP contribution in [0.2, 0.25) is 10.0 Å². The number of carbonyl (C=O) groups is 2. The summed E-state index contributed by atoms with van der Waals surface area (Å²) < 4.78 is 0. The Balaban J connectivity index is -0.000000177. The maximum absolute atomic E-state index is 9.29. The largest absolute Gasteiger partial charge is 0.481 e. The van der Waals surface area contributed by atoms with E-state index in [1.165, 1.54) is 10.0 Å². The summed E-state index contributed by atoms with van der Waals surface area (Å²) in [5, 5.41) is 17.9. The number of carboxylic acid groups (broad SMARTS) is 2. The molecule has 0 aliphatic carbocycles. The fraction of sp³-hybridized carbons (Fsp3) is 0.400. The van der Waals surface area contributed by atoms with Crippen molar-refractivity contribution in [1.82, 2.24) is 0 Å². The van der Waals surface area contributed by atoms with Crippen LogP contribution in [0.25, 0.3) is 0 Å². The van der Waals surface area contributed by atoms with Crippen molar-refractivity contribution in [1.29, 1.82) is 0 Å². The summed E-state index contributed by atoms with van der Waals surface area (Å²) in [6.07, 6.45) is 4.03. The molecule has 96 valence electrons. The molecular formula is C10H18O4S2Zn. The second-order valence-corrected chi connectivity index (χ2v) is 7.15. The van der Waals surface area contributed by atoms with Gasteiger partial charge >= 0.3 is 64.4 Å². The Morgan fingerprint density at radius 1 is 1.00 bits per heavy atom. The molecular weight excluding hydrogens is 314 g/mol. The summed E-state index contributed by atoms with van der Waals surface area (Å²) in [4.78, 5) is 18.6. The van der Waals surface area contributed by atoms with Crippen LogP contribution in [0.3, 0.4) is 0 Å². The van der Waals surface area contributed by atoms with Crippen LogP contribution in [0.4, 0.5) is 0 Å². The predicted octanol–water partition coefficient (Wildman–Crippen LogP) is 2.28. The summed E-state index contributed by atoms with van der Waals surface area (Å²) in [5.74, 6) is -1.93. The van der Waals surface area contributed by atoms with Crippen molar-refractivity contribution in [2.75, 3.05) is 11.5 Å². The summed E-state index contributed by atoms with van der Waals surface area (Å²) in [5.41, 5.74) is 0. The Kier molecular flexibility index (Phi) is 27.2. The van der Waals surface area contributed by atoms with Gasteiger partial charge in [-0.1, -0.05) is 0 Å². The first-order valence-corrected chi connectivity index (χ1v) is 10.3. The first kappa shape index (κ1) is 22.0. The average molecular weight is 332 g/mol. The van der Waals surface area contributed by atoms with Gasteiger partial charge in [-0.05, 0) is 0 Å². The molecule has 0 aromatic rings. The van der Waals surface area contributed by atoms with Crippen LogP contribution in [0, 0.1) is 0 Å². The Labute approximate surface area is 121 Å². The predicted molar refractivity (Wildman–Crippen MR) is 73.0 cm³/mol. The molecule has 0 unspecified atom stereocenters. The summed E-state index contributed by atoms with van der Waals surface area (Å²) in [7, 11) is 0. The van der Waals surface area contributed by atoms with Crippen molar-refractivity contribution >= 4 is 37.2 Å². The Hall–Kier alpha value is -0.257. The van der Waals surface area contributed by atoms with Crippen molar-refractivity contribution in [2.45, 2.75) is 10.0 Å². The van der Waals surface area contributed by atoms with Gasteiger partial charge in [-0.15, -0.1) is 0 Å². The standard InChI is InChI=1S/2C3H5.2C2H4O2S.Zn/c2*1-3-2;2*3-2(4)1-5;/h2*3H,1-2H2;2*5H,1H2,(H,3,4);. The molecule has 0 saturated carbocycles. The molecule has 0 radical (unpaired) electrons. The molecule has 0 aliphatic heterocycles. The zero-order valence-electron chi connectivity index (χ0n) is 9.71. The van der Waals surface area contributed by atoms with Crippen molar-refractivity contribution in [3.63, 3.8) is 0 Å². The summed E-state index contributed by atoms with van der Waals surface area (Å²) >= 11 is 6.65. The van der Waals surface area contributed by atoms with Gasteiger partial charge < -0.3 is 10.2 Å². The van der Waals surface area contributed by atoms with Crippen LogP contribution in [0.5, 0.6) is 0 Å². The van der Waals surface area contributed by atoms with Crippen LogP contribution < -0.4 is 0 Å². The monoisotopic (exact) mass is 330 g/mol. The topological polar surface area (TPSA) is 74.6 Å². The molecule has 0 bridgehead atoms. The normalized spacial score (nSPS) is 7.18. The van der Waals surface area contributed by atoms with Gasteiger partial charge in [-0.3, -0.25) is 9.59 Å². The van der Waals surface area contributed by atoms with Gasteiger partial charge in [0, 0.05) is 0 Å². The van der Waals surface area contributed by atoms with E-state index in [1.54, 1.807) is 0 Å². The molecule has 4 nitrogen and oxygen atoms in total. The van der Waals surface area contributed by atoms with Crippen LogP contribution in [-0.2, 0) is 26.7 Å². The molecule has 2 N–H and O–H groups in total. The summed E-state index contributed by atoms with van der Waals surface area (Å²) in [6.45, 7) is 7.29. The molecule has 0 atom stereocenters. The second-order valence-electron chi connectivity index (χ2n) is 2.61. The van der Waals surface area contributed by atoms with Crippen LogP contribution in [0.15, 0.2) is 25.3 Å². The van der Waals surface area contributed by atoms with E-state index in [1.807, 2.05) is 12.2 Å². The maximum Gasteiger partial charge on any atom is 0.313 e. The number of rotatable bonds is 6. The molecule has 0 spiro atoms. The minimum Gasteiger partial charge on any atom is -0.481 e. The molecule has 0 saturated heterocycles. The van der Waals surface area contributed by atoms with Gasteiger partial charge in [0.2, 0.25) is 0 Å². The van der Waals surface area contributed by atoms with Crippen molar-refractivity contribution in [3.8, 4) is 0 Å². The number of allylic oxidation sites excluding steroid dienone is 2. The number of hydrogen-bond acceptors (Lipinski definition) is 4. The first-order valence-electron chi connectivity index (χ1n) is 4.83. The average Bonchev–Trinajstić information content (AvgIpc) is 2.31. The zero-order valence-corrected chi connectivity index (χ0v) is 14.5. The molecule has 0 fully saturated rings. The second kappa shape index (κ2) is 21.1. The molecule has 0 aliphatic rings. The molecule has 0 aromatic heterocycles. The molecule has 17 heavy (non-hydrogen) atoms. The minimum atomic E-state index is -0.881. The quantitative estimate of drug-likeness (QED) is 0.261. The van der Waals surface area contributed by atoms with E-state index in [-0.39, 0.29) is 28.6 Å². The molecule has 0 aromatic carbocycles. The third-order valence-electron chi connectivity index (χ3n) is 1.09. The van der Waals surface area contributed by atoms with Crippen molar-refractivity contribution in [2.24, 2.45) is 0 Å². The van der Waals surface area contributed by atoms with E-state index in [0.29, 0.717) is 0 Å². The summed E-state index contributed by atoms with van der Waals surface area (Å²) in [6, 6.07) is 0. The fourth-order valence-electron chi connectivity index (χ4n) is 0.407. The van der Waals surface area contributed by atoms with Crippen molar-refractivity contribution in [3.05, 3.63) is 25.3 Å². The van der Waals surface area contributed by atoms with Gasteiger partial charge in [0.25, 0.3) is 0 Å². The van der Waals surface area contributed by atoms with E-state index in [9.17, 15) is 9.59 Å². The first-order chi connectivity index (χ1) is 7.95. The smallest absolute Gasteiger partial charge is 0.313 e. The molecule has 0 rings (SSSR count).